The zero-order valence-corrected chi connectivity index (χ0v) is 14.3. The molecular formula is C19H26N4. The van der Waals surface area contributed by atoms with Gasteiger partial charge in [0.2, 0.25) is 5.95 Å². The molecule has 2 aromatic rings. The molecule has 1 saturated heterocycles. The van der Waals surface area contributed by atoms with Crippen LogP contribution in [0.2, 0.25) is 0 Å². The van der Waals surface area contributed by atoms with E-state index < -0.39 is 0 Å². The molecule has 0 spiro atoms. The number of aryl methyl sites for hydroxylation is 3. The van der Waals surface area contributed by atoms with Gasteiger partial charge in [0.1, 0.15) is 0 Å². The summed E-state index contributed by atoms with van der Waals surface area (Å²) in [5.74, 6) is 1.46. The molecule has 0 saturated carbocycles. The topological polar surface area (TPSA) is 49.8 Å². The molecule has 4 nitrogen and oxygen atoms in total. The van der Waals surface area contributed by atoms with Crippen LogP contribution >= 0.6 is 0 Å². The molecule has 0 radical (unpaired) electrons. The molecule has 0 atom stereocenters. The Labute approximate surface area is 138 Å². The molecule has 0 bridgehead atoms. The van der Waals surface area contributed by atoms with Crippen LogP contribution in [-0.4, -0.2) is 29.6 Å². The van der Waals surface area contributed by atoms with Crippen molar-refractivity contribution >= 4 is 5.95 Å². The average Bonchev–Trinajstić information content (AvgIpc) is 2.56. The van der Waals surface area contributed by atoms with Crippen molar-refractivity contribution in [1.29, 1.82) is 0 Å². The van der Waals surface area contributed by atoms with Crippen molar-refractivity contribution in [2.24, 2.45) is 5.92 Å². The maximum absolute atomic E-state index is 4.72. The minimum atomic E-state index is 0.713. The molecule has 122 valence electrons. The highest BCUT2D eigenvalue weighted by Crippen LogP contribution is 2.22. The molecule has 0 aliphatic carbocycles. The van der Waals surface area contributed by atoms with E-state index in [1.807, 2.05) is 6.92 Å². The van der Waals surface area contributed by atoms with Gasteiger partial charge in [0.25, 0.3) is 0 Å². The second kappa shape index (κ2) is 7.09. The molecule has 1 fully saturated rings. The molecule has 1 aliphatic rings. The molecule has 1 aromatic carbocycles. The van der Waals surface area contributed by atoms with Crippen LogP contribution < -0.4 is 10.6 Å². The van der Waals surface area contributed by atoms with Gasteiger partial charge in [0.15, 0.2) is 0 Å². The third-order valence-electron chi connectivity index (χ3n) is 4.66. The first-order valence-electron chi connectivity index (χ1n) is 8.50. The summed E-state index contributed by atoms with van der Waals surface area (Å²) in [5.41, 5.74) is 5.75. The molecule has 1 aromatic heterocycles. The Balaban J connectivity index is 1.76. The van der Waals surface area contributed by atoms with Crippen LogP contribution in [0.3, 0.4) is 0 Å². The van der Waals surface area contributed by atoms with Crippen molar-refractivity contribution in [2.45, 2.75) is 33.6 Å². The van der Waals surface area contributed by atoms with E-state index in [4.69, 9.17) is 4.98 Å². The summed E-state index contributed by atoms with van der Waals surface area (Å²) in [6.07, 6.45) is 2.45. The van der Waals surface area contributed by atoms with Crippen molar-refractivity contribution in [3.63, 3.8) is 0 Å². The third kappa shape index (κ3) is 4.08. The molecule has 0 amide bonds. The van der Waals surface area contributed by atoms with Crippen LogP contribution in [0.1, 0.15) is 29.7 Å². The number of nitrogens with one attached hydrogen (secondary N) is 2. The van der Waals surface area contributed by atoms with E-state index in [0.29, 0.717) is 5.92 Å². The van der Waals surface area contributed by atoms with Crippen molar-refractivity contribution in [1.82, 2.24) is 15.3 Å². The minimum absolute atomic E-state index is 0.713. The van der Waals surface area contributed by atoms with Gasteiger partial charge in [-0.1, -0.05) is 12.1 Å². The van der Waals surface area contributed by atoms with Crippen LogP contribution in [0.5, 0.6) is 0 Å². The van der Waals surface area contributed by atoms with Gasteiger partial charge in [-0.05, 0) is 75.9 Å². The molecule has 3 rings (SSSR count). The fourth-order valence-electron chi connectivity index (χ4n) is 3.02. The first-order chi connectivity index (χ1) is 11.1. The second-order valence-corrected chi connectivity index (χ2v) is 6.59. The van der Waals surface area contributed by atoms with Gasteiger partial charge in [-0.3, -0.25) is 0 Å². The Morgan fingerprint density at radius 3 is 2.57 bits per heavy atom. The van der Waals surface area contributed by atoms with Crippen molar-refractivity contribution in [3.8, 4) is 11.3 Å². The molecule has 1 aliphatic heterocycles. The highest BCUT2D eigenvalue weighted by molar-refractivity contribution is 5.62. The predicted octanol–water partition coefficient (Wildman–Crippen LogP) is 3.48. The lowest BCUT2D eigenvalue weighted by Gasteiger charge is -2.22. The van der Waals surface area contributed by atoms with E-state index in [9.17, 15) is 0 Å². The first kappa shape index (κ1) is 15.9. The number of piperidine rings is 1. The van der Waals surface area contributed by atoms with E-state index >= 15 is 0 Å². The third-order valence-corrected chi connectivity index (χ3v) is 4.66. The lowest BCUT2D eigenvalue weighted by Crippen LogP contribution is -2.31. The number of hydrogen-bond donors (Lipinski definition) is 2. The van der Waals surface area contributed by atoms with E-state index in [1.165, 1.54) is 24.0 Å². The van der Waals surface area contributed by atoms with Crippen molar-refractivity contribution < 1.29 is 0 Å². The second-order valence-electron chi connectivity index (χ2n) is 6.59. The SMILES string of the molecule is Cc1cc(-c2ccc(C)c(C)c2)nc(NCC2CCNCC2)n1. The van der Waals surface area contributed by atoms with Gasteiger partial charge >= 0.3 is 0 Å². The quantitative estimate of drug-likeness (QED) is 0.908. The largest absolute Gasteiger partial charge is 0.354 e. The minimum Gasteiger partial charge on any atom is -0.354 e. The number of aromatic nitrogens is 2. The normalized spacial score (nSPS) is 15.6. The summed E-state index contributed by atoms with van der Waals surface area (Å²) in [4.78, 5) is 9.27. The number of nitrogens with zero attached hydrogens (tertiary/aromatic N) is 2. The van der Waals surface area contributed by atoms with Crippen LogP contribution in [-0.2, 0) is 0 Å². The fraction of sp³-hybridized carbons (Fsp3) is 0.474. The van der Waals surface area contributed by atoms with Crippen molar-refractivity contribution in [3.05, 3.63) is 41.1 Å². The smallest absolute Gasteiger partial charge is 0.223 e. The Kier molecular flexibility index (Phi) is 4.91. The van der Waals surface area contributed by atoms with Crippen molar-refractivity contribution in [2.75, 3.05) is 25.0 Å². The highest BCUT2D eigenvalue weighted by Gasteiger charge is 2.13. The molecular weight excluding hydrogens is 284 g/mol. The van der Waals surface area contributed by atoms with E-state index in [0.717, 1.165) is 42.5 Å². The lowest BCUT2D eigenvalue weighted by molar-refractivity contribution is 0.389. The number of hydrogen-bond acceptors (Lipinski definition) is 4. The standard InChI is InChI=1S/C19H26N4/c1-13-4-5-17(10-14(13)2)18-11-15(3)22-19(23-18)21-12-16-6-8-20-9-7-16/h4-5,10-11,16,20H,6-9,12H2,1-3H3,(H,21,22,23). The summed E-state index contributed by atoms with van der Waals surface area (Å²) in [7, 11) is 0. The van der Waals surface area contributed by atoms with E-state index in [1.54, 1.807) is 0 Å². The molecule has 23 heavy (non-hydrogen) atoms. The Bertz CT molecular complexity index is 675. The Morgan fingerprint density at radius 1 is 1.04 bits per heavy atom. The van der Waals surface area contributed by atoms with Crippen LogP contribution in [0.25, 0.3) is 11.3 Å². The summed E-state index contributed by atoms with van der Waals surface area (Å²) < 4.78 is 0. The van der Waals surface area contributed by atoms with Gasteiger partial charge < -0.3 is 10.6 Å². The van der Waals surface area contributed by atoms with Crippen LogP contribution in [0.15, 0.2) is 24.3 Å². The molecule has 4 heteroatoms. The monoisotopic (exact) mass is 310 g/mol. The van der Waals surface area contributed by atoms with Gasteiger partial charge in [-0.15, -0.1) is 0 Å². The van der Waals surface area contributed by atoms with Crippen LogP contribution in [0, 0.1) is 26.7 Å². The Morgan fingerprint density at radius 2 is 1.83 bits per heavy atom. The number of rotatable bonds is 4. The molecule has 0 unspecified atom stereocenters. The molecule has 2 N–H and O–H groups in total. The molecule has 2 heterocycles. The van der Waals surface area contributed by atoms with Gasteiger partial charge in [0.05, 0.1) is 5.69 Å². The predicted molar refractivity (Wildman–Crippen MR) is 95.8 cm³/mol. The van der Waals surface area contributed by atoms with E-state index in [-0.39, 0.29) is 0 Å². The first-order valence-corrected chi connectivity index (χ1v) is 8.50. The van der Waals surface area contributed by atoms with Gasteiger partial charge in [0, 0.05) is 17.8 Å². The summed E-state index contributed by atoms with van der Waals surface area (Å²) >= 11 is 0. The summed E-state index contributed by atoms with van der Waals surface area (Å²) in [6.45, 7) is 9.50. The summed E-state index contributed by atoms with van der Waals surface area (Å²) in [5, 5.41) is 6.84. The van der Waals surface area contributed by atoms with Crippen LogP contribution in [0.4, 0.5) is 5.95 Å². The maximum Gasteiger partial charge on any atom is 0.223 e. The average molecular weight is 310 g/mol. The maximum atomic E-state index is 4.72. The Hall–Kier alpha value is -1.94. The zero-order chi connectivity index (χ0) is 16.2. The van der Waals surface area contributed by atoms with Gasteiger partial charge in [-0.2, -0.15) is 0 Å². The fourth-order valence-corrected chi connectivity index (χ4v) is 3.02. The lowest BCUT2D eigenvalue weighted by atomic mass is 9.98. The number of benzene rings is 1. The number of anilines is 1. The summed E-state index contributed by atoms with van der Waals surface area (Å²) in [6, 6.07) is 8.55. The highest BCUT2D eigenvalue weighted by atomic mass is 15.1. The zero-order valence-electron chi connectivity index (χ0n) is 14.3. The van der Waals surface area contributed by atoms with E-state index in [2.05, 4.69) is 53.7 Å². The van der Waals surface area contributed by atoms with Gasteiger partial charge in [-0.25, -0.2) is 9.97 Å².